The summed E-state index contributed by atoms with van der Waals surface area (Å²) in [5.41, 5.74) is 1.06. The van der Waals surface area contributed by atoms with Gasteiger partial charge in [0.25, 0.3) is 11.8 Å². The summed E-state index contributed by atoms with van der Waals surface area (Å²) in [7, 11) is 0. The Morgan fingerprint density at radius 2 is 1.76 bits per heavy atom. The second-order valence-corrected chi connectivity index (χ2v) is 10.3. The van der Waals surface area contributed by atoms with Crippen molar-refractivity contribution in [2.45, 2.75) is 65.6 Å². The van der Waals surface area contributed by atoms with E-state index < -0.39 is 35.6 Å². The number of nitrogens with one attached hydrogen (secondary N) is 2. The molecule has 0 radical (unpaired) electrons. The van der Waals surface area contributed by atoms with Crippen LogP contribution in [0.25, 0.3) is 0 Å². The number of ether oxygens (including phenoxy) is 1. The largest absolute Gasteiger partial charge is 0.444 e. The molecule has 0 bridgehead atoms. The molecule has 3 amide bonds. The van der Waals surface area contributed by atoms with Crippen molar-refractivity contribution in [3.8, 4) is 24.8 Å². The smallest absolute Gasteiger partial charge is 0.408 e. The number of halogens is 1. The molecule has 0 aliphatic rings. The normalized spacial score (nSPS) is 13.2. The number of carbonyl (C=O) groups excluding carboxylic acids is 3. The van der Waals surface area contributed by atoms with Crippen LogP contribution in [0.3, 0.4) is 0 Å². The van der Waals surface area contributed by atoms with Gasteiger partial charge in [-0.25, -0.2) is 4.79 Å². The van der Waals surface area contributed by atoms with Crippen molar-refractivity contribution < 1.29 is 19.1 Å². The Morgan fingerprint density at radius 1 is 1.11 bits per heavy atom. The summed E-state index contributed by atoms with van der Waals surface area (Å²) in [6.07, 6.45) is 11.4. The second-order valence-electron chi connectivity index (χ2n) is 9.90. The van der Waals surface area contributed by atoms with E-state index in [1.165, 1.54) is 0 Å². The molecule has 7 nitrogen and oxygen atoms in total. The molecule has 0 aliphatic carbocycles. The minimum atomic E-state index is -1.32. The van der Waals surface area contributed by atoms with Gasteiger partial charge in [-0.05, 0) is 51.3 Å². The number of amides is 3. The first kappa shape index (κ1) is 30.3. The van der Waals surface area contributed by atoms with Crippen LogP contribution in [0, 0.1) is 37.7 Å². The summed E-state index contributed by atoms with van der Waals surface area (Å²) in [4.78, 5) is 41.3. The van der Waals surface area contributed by atoms with Gasteiger partial charge in [-0.15, -0.1) is 6.42 Å². The zero-order valence-electron chi connectivity index (χ0n) is 22.6. The Bertz CT molecular complexity index is 1250. The van der Waals surface area contributed by atoms with E-state index in [4.69, 9.17) is 29.2 Å². The van der Waals surface area contributed by atoms with E-state index in [0.29, 0.717) is 28.3 Å². The summed E-state index contributed by atoms with van der Waals surface area (Å²) >= 11 is 6.35. The zero-order chi connectivity index (χ0) is 28.6. The lowest BCUT2D eigenvalue weighted by Gasteiger charge is -2.33. The Kier molecular flexibility index (Phi) is 10.4. The van der Waals surface area contributed by atoms with Gasteiger partial charge in [0.1, 0.15) is 11.6 Å². The molecule has 2 aromatic carbocycles. The van der Waals surface area contributed by atoms with Crippen LogP contribution in [0.5, 0.6) is 0 Å². The molecular weight excluding hydrogens is 502 g/mol. The van der Waals surface area contributed by atoms with E-state index in [2.05, 4.69) is 22.6 Å². The highest BCUT2D eigenvalue weighted by molar-refractivity contribution is 6.34. The molecule has 0 saturated carbocycles. The van der Waals surface area contributed by atoms with Crippen LogP contribution >= 0.6 is 11.6 Å². The SMILES string of the molecule is C#Cc1ccccc1C(C(=O)Nc1c(C)cccc1Cl)N(C#C)C(=O)C(NC(=O)OC(C)(C)C)C(C)CC. The number of carbonyl (C=O) groups is 3. The van der Waals surface area contributed by atoms with Crippen molar-refractivity contribution in [1.29, 1.82) is 0 Å². The number of aryl methyl sites for hydroxylation is 1. The highest BCUT2D eigenvalue weighted by atomic mass is 35.5. The fourth-order valence-electron chi connectivity index (χ4n) is 3.78. The number of benzene rings is 2. The summed E-state index contributed by atoms with van der Waals surface area (Å²) in [5, 5.41) is 5.77. The maximum absolute atomic E-state index is 13.9. The lowest BCUT2D eigenvalue weighted by atomic mass is 9.94. The van der Waals surface area contributed by atoms with E-state index in [0.717, 1.165) is 10.5 Å². The standard InChI is InChI=1S/C30H34ClN3O4/c1-9-19(4)25(33-29(37)38-30(6,7)8)28(36)34(11-3)26(22-17-13-12-16-21(22)10-2)27(35)32-24-20(5)15-14-18-23(24)31/h2-3,12-19,25-26H,9H2,1,4-8H3,(H,32,35)(H,33,37). The van der Waals surface area contributed by atoms with Gasteiger partial charge in [0.15, 0.2) is 6.04 Å². The molecule has 0 aromatic heterocycles. The molecule has 38 heavy (non-hydrogen) atoms. The van der Waals surface area contributed by atoms with Crippen molar-refractivity contribution in [2.75, 3.05) is 5.32 Å². The van der Waals surface area contributed by atoms with Gasteiger partial charge >= 0.3 is 6.09 Å². The van der Waals surface area contributed by atoms with E-state index >= 15 is 0 Å². The molecule has 2 rings (SSSR count). The lowest BCUT2D eigenvalue weighted by Crippen LogP contribution is -2.53. The van der Waals surface area contributed by atoms with Crippen molar-refractivity contribution in [1.82, 2.24) is 10.2 Å². The predicted octanol–water partition coefficient (Wildman–Crippen LogP) is 5.67. The van der Waals surface area contributed by atoms with Crippen LogP contribution in [0.15, 0.2) is 42.5 Å². The highest BCUT2D eigenvalue weighted by Crippen LogP contribution is 2.31. The third kappa shape index (κ3) is 7.54. The van der Waals surface area contributed by atoms with Crippen LogP contribution in [0.2, 0.25) is 5.02 Å². The van der Waals surface area contributed by atoms with Gasteiger partial charge in [0, 0.05) is 17.2 Å². The summed E-state index contributed by atoms with van der Waals surface area (Å²) in [6, 6.07) is 11.9. The number of nitrogens with zero attached hydrogens (tertiary/aromatic N) is 1. The van der Waals surface area contributed by atoms with E-state index in [-0.39, 0.29) is 5.92 Å². The number of terminal acetylenes is 2. The number of hydrogen-bond acceptors (Lipinski definition) is 4. The number of para-hydroxylation sites is 1. The van der Waals surface area contributed by atoms with Crippen molar-refractivity contribution in [2.24, 2.45) is 5.92 Å². The van der Waals surface area contributed by atoms with Crippen LogP contribution in [-0.4, -0.2) is 34.5 Å². The summed E-state index contributed by atoms with van der Waals surface area (Å²) < 4.78 is 5.37. The first-order valence-electron chi connectivity index (χ1n) is 12.2. The Balaban J connectivity index is 2.59. The lowest BCUT2D eigenvalue weighted by molar-refractivity contribution is -0.137. The maximum atomic E-state index is 13.9. The predicted molar refractivity (Wildman–Crippen MR) is 150 cm³/mol. The van der Waals surface area contributed by atoms with E-state index in [1.807, 2.05) is 6.92 Å². The first-order chi connectivity index (χ1) is 17.8. The topological polar surface area (TPSA) is 87.7 Å². The van der Waals surface area contributed by atoms with Gasteiger partial charge in [-0.3, -0.25) is 14.5 Å². The minimum absolute atomic E-state index is 0.324. The van der Waals surface area contributed by atoms with Gasteiger partial charge < -0.3 is 15.4 Å². The van der Waals surface area contributed by atoms with Crippen LogP contribution in [0.1, 0.15) is 63.8 Å². The molecule has 0 fully saturated rings. The van der Waals surface area contributed by atoms with Crippen LogP contribution in [0.4, 0.5) is 10.5 Å². The monoisotopic (exact) mass is 535 g/mol. The minimum Gasteiger partial charge on any atom is -0.444 e. The molecule has 0 heterocycles. The summed E-state index contributed by atoms with van der Waals surface area (Å²) in [5.74, 6) is 0.952. The molecule has 8 heteroatoms. The third-order valence-electron chi connectivity index (χ3n) is 5.92. The quantitative estimate of drug-likeness (QED) is 0.337. The number of alkyl carbamates (subject to hydrolysis) is 1. The van der Waals surface area contributed by atoms with Crippen molar-refractivity contribution in [3.05, 3.63) is 64.2 Å². The van der Waals surface area contributed by atoms with E-state index in [1.54, 1.807) is 77.1 Å². The summed E-state index contributed by atoms with van der Waals surface area (Å²) in [6.45, 7) is 10.6. The molecule has 3 atom stereocenters. The Hall–Kier alpha value is -3.94. The maximum Gasteiger partial charge on any atom is 0.408 e. The zero-order valence-corrected chi connectivity index (χ0v) is 23.3. The second kappa shape index (κ2) is 13.0. The number of rotatable bonds is 8. The third-order valence-corrected chi connectivity index (χ3v) is 6.23. The first-order valence-corrected chi connectivity index (χ1v) is 12.6. The van der Waals surface area contributed by atoms with Crippen molar-refractivity contribution >= 4 is 35.2 Å². The molecule has 0 aliphatic heterocycles. The van der Waals surface area contributed by atoms with Gasteiger partial charge in [0.2, 0.25) is 0 Å². The average molecular weight is 536 g/mol. The fourth-order valence-corrected chi connectivity index (χ4v) is 4.05. The molecule has 0 spiro atoms. The number of hydrogen-bond donors (Lipinski definition) is 2. The molecule has 3 unspecified atom stereocenters. The van der Waals surface area contributed by atoms with E-state index in [9.17, 15) is 14.4 Å². The Morgan fingerprint density at radius 3 is 2.32 bits per heavy atom. The average Bonchev–Trinajstić information content (AvgIpc) is 2.86. The molecule has 2 N–H and O–H groups in total. The molecule has 0 saturated heterocycles. The van der Waals surface area contributed by atoms with Gasteiger partial charge in [0.05, 0.1) is 10.7 Å². The highest BCUT2D eigenvalue weighted by Gasteiger charge is 2.38. The molecule has 200 valence electrons. The van der Waals surface area contributed by atoms with Crippen molar-refractivity contribution in [3.63, 3.8) is 0 Å². The molecule has 2 aromatic rings. The fraction of sp³-hybridized carbons (Fsp3) is 0.367. The number of anilines is 1. The van der Waals surface area contributed by atoms with Crippen LogP contribution in [-0.2, 0) is 14.3 Å². The molecular formula is C30H34ClN3O4. The van der Waals surface area contributed by atoms with Gasteiger partial charge in [-0.2, -0.15) is 0 Å². The van der Waals surface area contributed by atoms with Crippen LogP contribution < -0.4 is 10.6 Å². The Labute approximate surface area is 230 Å². The van der Waals surface area contributed by atoms with Gasteiger partial charge in [-0.1, -0.05) is 74.5 Å².